The third-order valence-electron chi connectivity index (χ3n) is 4.43. The molecule has 5 heteroatoms. The summed E-state index contributed by atoms with van der Waals surface area (Å²) in [6, 6.07) is 8.48. The predicted molar refractivity (Wildman–Crippen MR) is 88.3 cm³/mol. The van der Waals surface area contributed by atoms with Gasteiger partial charge in [0.05, 0.1) is 13.2 Å². The van der Waals surface area contributed by atoms with E-state index < -0.39 is 0 Å². The van der Waals surface area contributed by atoms with Crippen molar-refractivity contribution in [2.24, 2.45) is 0 Å². The molecule has 1 aromatic carbocycles. The van der Waals surface area contributed by atoms with Crippen molar-refractivity contribution in [3.63, 3.8) is 0 Å². The number of benzene rings is 1. The Morgan fingerprint density at radius 2 is 2.05 bits per heavy atom. The number of carbonyl (C=O) groups excluding carboxylic acids is 1. The van der Waals surface area contributed by atoms with Crippen LogP contribution < -0.4 is 4.74 Å². The van der Waals surface area contributed by atoms with Gasteiger partial charge < -0.3 is 14.5 Å². The number of hydrogen-bond acceptors (Lipinski definition) is 3. The summed E-state index contributed by atoms with van der Waals surface area (Å²) in [7, 11) is 3.79. The summed E-state index contributed by atoms with van der Waals surface area (Å²) in [5, 5.41) is 0. The van der Waals surface area contributed by atoms with E-state index in [0.717, 1.165) is 38.5 Å². The first-order valence-corrected chi connectivity index (χ1v) is 7.98. The van der Waals surface area contributed by atoms with E-state index >= 15 is 0 Å². The minimum atomic E-state index is 0.144. The molecule has 22 heavy (non-hydrogen) atoms. The van der Waals surface area contributed by atoms with Gasteiger partial charge in [-0.1, -0.05) is 12.1 Å². The van der Waals surface area contributed by atoms with Crippen LogP contribution >= 0.6 is 0 Å². The molecular weight excluding hydrogens is 278 g/mol. The van der Waals surface area contributed by atoms with Crippen LogP contribution in [0.4, 0.5) is 4.79 Å². The van der Waals surface area contributed by atoms with Gasteiger partial charge in [0.1, 0.15) is 5.75 Å². The van der Waals surface area contributed by atoms with Crippen molar-refractivity contribution in [2.75, 3.05) is 46.9 Å². The Bertz CT molecular complexity index is 502. The second-order valence-electron chi connectivity index (χ2n) is 5.67. The number of nitrogens with zero attached hydrogens (tertiary/aromatic N) is 3. The zero-order chi connectivity index (χ0) is 16.1. The quantitative estimate of drug-likeness (QED) is 0.857. The lowest BCUT2D eigenvalue weighted by Crippen LogP contribution is -2.53. The standard InChI is InChI=1S/C17H27N3O2/c1-5-19(6-2)17(21)20-11-10-18(3)16(13-20)14-8-7-9-15(12-14)22-4/h7-9,12,16H,5-6,10-11,13H2,1-4H3. The number of hydrogen-bond donors (Lipinski definition) is 0. The van der Waals surface area contributed by atoms with Gasteiger partial charge in [0.2, 0.25) is 0 Å². The van der Waals surface area contributed by atoms with Crippen molar-refractivity contribution in [2.45, 2.75) is 19.9 Å². The molecule has 1 fully saturated rings. The van der Waals surface area contributed by atoms with Crippen LogP contribution in [0.25, 0.3) is 0 Å². The third-order valence-corrected chi connectivity index (χ3v) is 4.43. The SMILES string of the molecule is CCN(CC)C(=O)N1CCN(C)C(c2cccc(OC)c2)C1. The highest BCUT2D eigenvalue weighted by Crippen LogP contribution is 2.27. The van der Waals surface area contributed by atoms with Crippen LogP contribution in [0.3, 0.4) is 0 Å². The van der Waals surface area contributed by atoms with Crippen LogP contribution in [0.2, 0.25) is 0 Å². The molecule has 0 saturated carbocycles. The number of rotatable bonds is 4. The number of urea groups is 1. The highest BCUT2D eigenvalue weighted by molar-refractivity contribution is 5.74. The smallest absolute Gasteiger partial charge is 0.320 e. The van der Waals surface area contributed by atoms with Crippen LogP contribution in [0.5, 0.6) is 5.75 Å². The molecule has 2 rings (SSSR count). The lowest BCUT2D eigenvalue weighted by atomic mass is 10.0. The lowest BCUT2D eigenvalue weighted by molar-refractivity contribution is 0.0913. The fourth-order valence-corrected chi connectivity index (χ4v) is 2.95. The van der Waals surface area contributed by atoms with Crippen molar-refractivity contribution in [3.8, 4) is 5.75 Å². The Kier molecular flexibility index (Phi) is 5.66. The molecule has 122 valence electrons. The molecule has 1 unspecified atom stereocenters. The fraction of sp³-hybridized carbons (Fsp3) is 0.588. The average Bonchev–Trinajstić information content (AvgIpc) is 2.56. The summed E-state index contributed by atoms with van der Waals surface area (Å²) in [4.78, 5) is 18.7. The van der Waals surface area contributed by atoms with Gasteiger partial charge in [-0.25, -0.2) is 4.79 Å². The second-order valence-corrected chi connectivity index (χ2v) is 5.67. The second kappa shape index (κ2) is 7.49. The van der Waals surface area contributed by atoms with Crippen LogP contribution in [-0.2, 0) is 0 Å². The van der Waals surface area contributed by atoms with Gasteiger partial charge in [-0.05, 0) is 38.6 Å². The zero-order valence-electron chi connectivity index (χ0n) is 14.1. The van der Waals surface area contributed by atoms with E-state index in [1.807, 2.05) is 35.8 Å². The van der Waals surface area contributed by atoms with Gasteiger partial charge in [-0.3, -0.25) is 4.90 Å². The monoisotopic (exact) mass is 305 g/mol. The van der Waals surface area contributed by atoms with Crippen molar-refractivity contribution in [1.29, 1.82) is 0 Å². The predicted octanol–water partition coefficient (Wildman–Crippen LogP) is 2.45. The molecule has 5 nitrogen and oxygen atoms in total. The van der Waals surface area contributed by atoms with Crippen molar-refractivity contribution < 1.29 is 9.53 Å². The number of amides is 2. The summed E-state index contributed by atoms with van der Waals surface area (Å²) >= 11 is 0. The summed E-state index contributed by atoms with van der Waals surface area (Å²) in [5.41, 5.74) is 1.19. The molecule has 0 bridgehead atoms. The first-order chi connectivity index (χ1) is 10.6. The first-order valence-electron chi connectivity index (χ1n) is 7.98. The molecule has 0 radical (unpaired) electrons. The van der Waals surface area contributed by atoms with Crippen LogP contribution in [0, 0.1) is 0 Å². The largest absolute Gasteiger partial charge is 0.497 e. The van der Waals surface area contributed by atoms with Crippen molar-refractivity contribution >= 4 is 6.03 Å². The van der Waals surface area contributed by atoms with E-state index in [4.69, 9.17) is 4.74 Å². The molecule has 1 aliphatic rings. The molecular formula is C17H27N3O2. The van der Waals surface area contributed by atoms with E-state index in [9.17, 15) is 4.79 Å². The van der Waals surface area contributed by atoms with E-state index in [1.54, 1.807) is 7.11 Å². The Balaban J connectivity index is 2.15. The number of carbonyl (C=O) groups is 1. The van der Waals surface area contributed by atoms with E-state index in [2.05, 4.69) is 24.1 Å². The van der Waals surface area contributed by atoms with Crippen molar-refractivity contribution in [3.05, 3.63) is 29.8 Å². The zero-order valence-corrected chi connectivity index (χ0v) is 14.1. The fourth-order valence-electron chi connectivity index (χ4n) is 2.95. The van der Waals surface area contributed by atoms with Gasteiger partial charge in [0.25, 0.3) is 0 Å². The lowest BCUT2D eigenvalue weighted by Gasteiger charge is -2.41. The van der Waals surface area contributed by atoms with E-state index in [1.165, 1.54) is 5.56 Å². The normalized spacial score (nSPS) is 19.1. The average molecular weight is 305 g/mol. The molecule has 0 N–H and O–H groups in total. The minimum Gasteiger partial charge on any atom is -0.497 e. The maximum atomic E-state index is 12.6. The van der Waals surface area contributed by atoms with Gasteiger partial charge in [0.15, 0.2) is 0 Å². The van der Waals surface area contributed by atoms with E-state index in [0.29, 0.717) is 0 Å². The molecule has 0 aliphatic carbocycles. The van der Waals surface area contributed by atoms with Crippen LogP contribution in [0.15, 0.2) is 24.3 Å². The number of piperazine rings is 1. The Hall–Kier alpha value is -1.75. The van der Waals surface area contributed by atoms with Crippen molar-refractivity contribution in [1.82, 2.24) is 14.7 Å². The first kappa shape index (κ1) is 16.6. The number of likely N-dealkylation sites (N-methyl/N-ethyl adjacent to an activating group) is 1. The molecule has 1 heterocycles. The summed E-state index contributed by atoms with van der Waals surface area (Å²) in [5.74, 6) is 0.859. The summed E-state index contributed by atoms with van der Waals surface area (Å²) in [6.07, 6.45) is 0. The third kappa shape index (κ3) is 3.53. The minimum absolute atomic E-state index is 0.144. The van der Waals surface area contributed by atoms with Crippen LogP contribution in [-0.4, -0.2) is 67.6 Å². The van der Waals surface area contributed by atoms with Crippen LogP contribution in [0.1, 0.15) is 25.5 Å². The van der Waals surface area contributed by atoms with Gasteiger partial charge in [-0.15, -0.1) is 0 Å². The molecule has 0 spiro atoms. The molecule has 1 saturated heterocycles. The molecule has 2 amide bonds. The Labute approximate surface area is 133 Å². The Morgan fingerprint density at radius 3 is 2.68 bits per heavy atom. The topological polar surface area (TPSA) is 36.0 Å². The molecule has 1 aliphatic heterocycles. The Morgan fingerprint density at radius 1 is 1.32 bits per heavy atom. The van der Waals surface area contributed by atoms with Gasteiger partial charge >= 0.3 is 6.03 Å². The van der Waals surface area contributed by atoms with Gasteiger partial charge in [-0.2, -0.15) is 0 Å². The highest BCUT2D eigenvalue weighted by Gasteiger charge is 2.30. The highest BCUT2D eigenvalue weighted by atomic mass is 16.5. The molecule has 1 atom stereocenters. The molecule has 1 aromatic rings. The molecule has 0 aromatic heterocycles. The maximum absolute atomic E-state index is 12.6. The number of ether oxygens (including phenoxy) is 1. The maximum Gasteiger partial charge on any atom is 0.320 e. The summed E-state index contributed by atoms with van der Waals surface area (Å²) < 4.78 is 5.32. The van der Waals surface area contributed by atoms with E-state index in [-0.39, 0.29) is 12.1 Å². The van der Waals surface area contributed by atoms with Gasteiger partial charge in [0, 0.05) is 32.7 Å². The summed E-state index contributed by atoms with van der Waals surface area (Å²) in [6.45, 7) is 7.95. The number of methoxy groups -OCH3 is 1.